The summed E-state index contributed by atoms with van der Waals surface area (Å²) >= 11 is 0. The highest BCUT2D eigenvalue weighted by Gasteiger charge is 2.20. The highest BCUT2D eigenvalue weighted by Crippen LogP contribution is 2.09. The molecule has 1 aromatic heterocycles. The van der Waals surface area contributed by atoms with Gasteiger partial charge in [0, 0.05) is 64.8 Å². The van der Waals surface area contributed by atoms with E-state index in [1.54, 1.807) is 12.4 Å². The van der Waals surface area contributed by atoms with Crippen LogP contribution in [-0.4, -0.2) is 85.1 Å². The zero-order valence-corrected chi connectivity index (χ0v) is 14.7. The number of nitrogens with one attached hydrogen (secondary N) is 1. The molecule has 1 fully saturated rings. The Kier molecular flexibility index (Phi) is 6.58. The number of hydrogen-bond donors (Lipinski definition) is 1. The minimum atomic E-state index is 0.563. The third kappa shape index (κ3) is 5.06. The highest BCUT2D eigenvalue weighted by atomic mass is 15.4. The lowest BCUT2D eigenvalue weighted by Gasteiger charge is -2.36. The fraction of sp³-hybridized carbons (Fsp3) is 0.688. The van der Waals surface area contributed by atoms with Gasteiger partial charge in [0.05, 0.1) is 0 Å². The van der Waals surface area contributed by atoms with Gasteiger partial charge in [0.25, 0.3) is 0 Å². The average molecular weight is 319 g/mol. The summed E-state index contributed by atoms with van der Waals surface area (Å²) in [5, 5.41) is 3.46. The summed E-state index contributed by atoms with van der Waals surface area (Å²) in [5.74, 6) is 1.80. The van der Waals surface area contributed by atoms with E-state index in [1.165, 1.54) is 0 Å². The van der Waals surface area contributed by atoms with Gasteiger partial charge in [-0.2, -0.15) is 0 Å². The molecule has 7 heteroatoms. The molecule has 0 spiro atoms. The van der Waals surface area contributed by atoms with Crippen molar-refractivity contribution in [3.8, 4) is 0 Å². The van der Waals surface area contributed by atoms with Crippen LogP contribution >= 0.6 is 0 Å². The van der Waals surface area contributed by atoms with E-state index in [2.05, 4.69) is 55.9 Å². The lowest BCUT2D eigenvalue weighted by Crippen LogP contribution is -2.53. The Balaban J connectivity index is 1.78. The van der Waals surface area contributed by atoms with Gasteiger partial charge in [-0.3, -0.25) is 4.99 Å². The first-order valence-electron chi connectivity index (χ1n) is 8.29. The van der Waals surface area contributed by atoms with Gasteiger partial charge in [-0.15, -0.1) is 0 Å². The fourth-order valence-electron chi connectivity index (χ4n) is 2.51. The molecule has 1 aliphatic heterocycles. The number of hydrogen-bond acceptors (Lipinski definition) is 5. The highest BCUT2D eigenvalue weighted by molar-refractivity contribution is 5.80. The van der Waals surface area contributed by atoms with E-state index in [0.717, 1.165) is 51.2 Å². The summed E-state index contributed by atoms with van der Waals surface area (Å²) in [6, 6.07) is 2.41. The van der Waals surface area contributed by atoms with Crippen LogP contribution in [0.3, 0.4) is 0 Å². The molecular weight excluding hydrogens is 290 g/mol. The number of aromatic nitrogens is 2. The molecule has 7 nitrogen and oxygen atoms in total. The van der Waals surface area contributed by atoms with Crippen LogP contribution in [-0.2, 0) is 0 Å². The minimum Gasteiger partial charge on any atom is -0.355 e. The van der Waals surface area contributed by atoms with Crippen molar-refractivity contribution in [2.75, 3.05) is 58.3 Å². The zero-order chi connectivity index (χ0) is 16.7. The quantitative estimate of drug-likeness (QED) is 0.630. The van der Waals surface area contributed by atoms with Gasteiger partial charge in [-0.25, -0.2) is 9.97 Å². The van der Waals surface area contributed by atoms with Crippen LogP contribution in [0.25, 0.3) is 0 Å². The molecule has 1 saturated heterocycles. The van der Waals surface area contributed by atoms with Crippen LogP contribution in [0.2, 0.25) is 0 Å². The van der Waals surface area contributed by atoms with E-state index in [-0.39, 0.29) is 0 Å². The van der Waals surface area contributed by atoms with Gasteiger partial charge in [-0.05, 0) is 27.0 Å². The van der Waals surface area contributed by atoms with Gasteiger partial charge in [-0.1, -0.05) is 0 Å². The Labute approximate surface area is 139 Å². The molecule has 0 bridgehead atoms. The SMILES string of the molecule is CN=C(NCCN(C)C(C)C)N1CCN(c2ncccn2)CC1. The summed E-state index contributed by atoms with van der Waals surface area (Å²) < 4.78 is 0. The number of rotatable bonds is 5. The van der Waals surface area contributed by atoms with E-state index in [4.69, 9.17) is 0 Å². The van der Waals surface area contributed by atoms with Gasteiger partial charge in [0.1, 0.15) is 0 Å². The summed E-state index contributed by atoms with van der Waals surface area (Å²) in [7, 11) is 3.99. The molecule has 0 saturated carbocycles. The van der Waals surface area contributed by atoms with Gasteiger partial charge in [0.2, 0.25) is 5.95 Å². The van der Waals surface area contributed by atoms with E-state index < -0.39 is 0 Å². The molecule has 0 unspecified atom stereocenters. The first kappa shape index (κ1) is 17.5. The second kappa shape index (κ2) is 8.67. The van der Waals surface area contributed by atoms with Gasteiger partial charge in [0.15, 0.2) is 5.96 Å². The molecule has 0 aliphatic carbocycles. The molecule has 1 N–H and O–H groups in total. The summed E-state index contributed by atoms with van der Waals surface area (Å²) in [5.41, 5.74) is 0. The Morgan fingerprint density at radius 1 is 1.26 bits per heavy atom. The van der Waals surface area contributed by atoms with Crippen LogP contribution in [0, 0.1) is 0 Å². The second-order valence-corrected chi connectivity index (χ2v) is 6.07. The van der Waals surface area contributed by atoms with E-state index >= 15 is 0 Å². The largest absolute Gasteiger partial charge is 0.355 e. The first-order valence-corrected chi connectivity index (χ1v) is 8.29. The molecule has 23 heavy (non-hydrogen) atoms. The Morgan fingerprint density at radius 2 is 1.91 bits per heavy atom. The van der Waals surface area contributed by atoms with Crippen LogP contribution in [0.1, 0.15) is 13.8 Å². The van der Waals surface area contributed by atoms with Gasteiger partial charge < -0.3 is 20.0 Å². The number of likely N-dealkylation sites (N-methyl/N-ethyl adjacent to an activating group) is 1. The van der Waals surface area contributed by atoms with Gasteiger partial charge >= 0.3 is 0 Å². The molecule has 0 atom stereocenters. The van der Waals surface area contributed by atoms with Crippen molar-refractivity contribution in [3.05, 3.63) is 18.5 Å². The lowest BCUT2D eigenvalue weighted by molar-refractivity contribution is 0.275. The summed E-state index contributed by atoms with van der Waals surface area (Å²) in [6.45, 7) is 10.0. The molecule has 128 valence electrons. The fourth-order valence-corrected chi connectivity index (χ4v) is 2.51. The number of piperazine rings is 1. The smallest absolute Gasteiger partial charge is 0.225 e. The predicted molar refractivity (Wildman–Crippen MR) is 94.9 cm³/mol. The second-order valence-electron chi connectivity index (χ2n) is 6.07. The standard InChI is InChI=1S/C16H29N7/c1-14(2)21(4)9-8-20-15(17-3)22-10-12-23(13-11-22)16-18-6-5-7-19-16/h5-7,14H,8-13H2,1-4H3,(H,17,20). The number of nitrogens with zero attached hydrogens (tertiary/aromatic N) is 6. The van der Waals surface area contributed by atoms with Crippen molar-refractivity contribution in [2.45, 2.75) is 19.9 Å². The molecule has 0 radical (unpaired) electrons. The molecule has 2 heterocycles. The van der Waals surface area contributed by atoms with E-state index in [9.17, 15) is 0 Å². The van der Waals surface area contributed by atoms with Crippen LogP contribution < -0.4 is 10.2 Å². The molecular formula is C16H29N7. The molecule has 1 aromatic rings. The Morgan fingerprint density at radius 3 is 2.48 bits per heavy atom. The Bertz CT molecular complexity index is 480. The summed E-state index contributed by atoms with van der Waals surface area (Å²) in [6.07, 6.45) is 3.58. The van der Waals surface area contributed by atoms with Crippen molar-refractivity contribution in [1.29, 1.82) is 0 Å². The predicted octanol–water partition coefficient (Wildman–Crippen LogP) is 0.514. The number of aliphatic imine (C=N–C) groups is 1. The maximum absolute atomic E-state index is 4.41. The zero-order valence-electron chi connectivity index (χ0n) is 14.7. The lowest BCUT2D eigenvalue weighted by atomic mass is 10.3. The first-order chi connectivity index (χ1) is 11.1. The monoisotopic (exact) mass is 319 g/mol. The van der Waals surface area contributed by atoms with Crippen LogP contribution in [0.15, 0.2) is 23.5 Å². The molecule has 0 aromatic carbocycles. The normalized spacial score (nSPS) is 16.3. The third-order valence-electron chi connectivity index (χ3n) is 4.26. The average Bonchev–Trinajstić information content (AvgIpc) is 2.59. The van der Waals surface area contributed by atoms with Crippen molar-refractivity contribution >= 4 is 11.9 Å². The van der Waals surface area contributed by atoms with Crippen molar-refractivity contribution < 1.29 is 0 Å². The molecule has 2 rings (SSSR count). The van der Waals surface area contributed by atoms with Crippen molar-refractivity contribution in [1.82, 2.24) is 25.1 Å². The summed E-state index contributed by atoms with van der Waals surface area (Å²) in [4.78, 5) is 19.9. The number of guanidine groups is 1. The van der Waals surface area contributed by atoms with E-state index in [0.29, 0.717) is 6.04 Å². The maximum Gasteiger partial charge on any atom is 0.225 e. The van der Waals surface area contributed by atoms with Crippen LogP contribution in [0.4, 0.5) is 5.95 Å². The number of anilines is 1. The third-order valence-corrected chi connectivity index (χ3v) is 4.26. The molecule has 0 amide bonds. The van der Waals surface area contributed by atoms with Crippen LogP contribution in [0.5, 0.6) is 0 Å². The topological polar surface area (TPSA) is 59.9 Å². The van der Waals surface area contributed by atoms with Crippen molar-refractivity contribution in [3.63, 3.8) is 0 Å². The Hall–Kier alpha value is -1.89. The van der Waals surface area contributed by atoms with Crippen molar-refractivity contribution in [2.24, 2.45) is 4.99 Å². The minimum absolute atomic E-state index is 0.563. The molecule has 1 aliphatic rings. The maximum atomic E-state index is 4.41. The van der Waals surface area contributed by atoms with E-state index in [1.807, 2.05) is 13.1 Å².